The molecule has 3 aromatic rings. The maximum Gasteiger partial charge on any atom is 0.339 e. The lowest BCUT2D eigenvalue weighted by atomic mass is 10.1. The SMILES string of the molecule is COC(=O)c1ccccc1N1C(=O)C(Cl)=C(Nc2ccc(S(=O)(=O)Nc3ccc(Cl)nn3)cc2)C1=O. The summed E-state index contributed by atoms with van der Waals surface area (Å²) in [4.78, 5) is 38.6. The van der Waals surface area contributed by atoms with E-state index in [1.807, 2.05) is 0 Å². The number of carbonyl (C=O) groups excluding carboxylic acids is 3. The average Bonchev–Trinajstić information content (AvgIpc) is 3.08. The van der Waals surface area contributed by atoms with Gasteiger partial charge in [-0.05, 0) is 48.5 Å². The highest BCUT2D eigenvalue weighted by Crippen LogP contribution is 2.32. The molecule has 36 heavy (non-hydrogen) atoms. The molecule has 0 unspecified atom stereocenters. The highest BCUT2D eigenvalue weighted by molar-refractivity contribution is 7.92. The van der Waals surface area contributed by atoms with Crippen molar-refractivity contribution in [1.29, 1.82) is 0 Å². The van der Waals surface area contributed by atoms with Gasteiger partial charge in [-0.15, -0.1) is 10.2 Å². The number of nitrogens with one attached hydrogen (secondary N) is 2. The number of benzene rings is 2. The second-order valence-electron chi connectivity index (χ2n) is 7.14. The molecule has 1 aliphatic heterocycles. The fourth-order valence-corrected chi connectivity index (χ4v) is 4.52. The molecular weight excluding hydrogens is 533 g/mol. The molecular formula is C22H15Cl2N5O6S. The number of para-hydroxylation sites is 1. The fourth-order valence-electron chi connectivity index (χ4n) is 3.21. The standard InChI is InChI=1S/C22H15Cl2N5O6S/c1-35-22(32)14-4-2-3-5-15(14)29-20(30)18(24)19(21(29)31)25-12-6-8-13(9-7-12)36(33,34)28-17-11-10-16(23)26-27-17/h2-11,25H,1H3,(H,27,28). The van der Waals surface area contributed by atoms with Gasteiger partial charge in [-0.25, -0.2) is 18.1 Å². The number of ether oxygens (including phenoxy) is 1. The molecule has 0 saturated heterocycles. The number of methoxy groups -OCH3 is 1. The van der Waals surface area contributed by atoms with Gasteiger partial charge in [-0.2, -0.15) is 0 Å². The lowest BCUT2D eigenvalue weighted by molar-refractivity contribution is -0.120. The summed E-state index contributed by atoms with van der Waals surface area (Å²) in [6.45, 7) is 0. The van der Waals surface area contributed by atoms with Gasteiger partial charge >= 0.3 is 5.97 Å². The summed E-state index contributed by atoms with van der Waals surface area (Å²) in [6, 6.07) is 13.9. The Hall–Kier alpha value is -4.00. The molecule has 0 fully saturated rings. The van der Waals surface area contributed by atoms with Crippen molar-refractivity contribution in [2.75, 3.05) is 22.0 Å². The monoisotopic (exact) mass is 547 g/mol. The van der Waals surface area contributed by atoms with Crippen molar-refractivity contribution < 1.29 is 27.5 Å². The number of hydrogen-bond acceptors (Lipinski definition) is 9. The summed E-state index contributed by atoms with van der Waals surface area (Å²) in [5.41, 5.74) is 0.0381. The maximum atomic E-state index is 13.1. The zero-order valence-electron chi connectivity index (χ0n) is 18.2. The van der Waals surface area contributed by atoms with Crippen molar-refractivity contribution in [2.45, 2.75) is 4.90 Å². The van der Waals surface area contributed by atoms with Crippen molar-refractivity contribution in [2.24, 2.45) is 0 Å². The molecule has 0 atom stereocenters. The van der Waals surface area contributed by atoms with E-state index < -0.39 is 32.8 Å². The van der Waals surface area contributed by atoms with Crippen molar-refractivity contribution in [3.8, 4) is 0 Å². The minimum atomic E-state index is -4.00. The van der Waals surface area contributed by atoms with E-state index in [4.69, 9.17) is 27.9 Å². The second kappa shape index (κ2) is 9.93. The van der Waals surface area contributed by atoms with E-state index >= 15 is 0 Å². The fraction of sp³-hybridized carbons (Fsp3) is 0.0455. The molecule has 0 bridgehead atoms. The van der Waals surface area contributed by atoms with E-state index in [1.54, 1.807) is 12.1 Å². The van der Waals surface area contributed by atoms with Crippen LogP contribution >= 0.6 is 23.2 Å². The number of esters is 1. The Morgan fingerprint density at radius 3 is 2.28 bits per heavy atom. The van der Waals surface area contributed by atoms with E-state index in [0.29, 0.717) is 0 Å². The Bertz CT molecular complexity index is 1510. The Labute approximate surface area is 214 Å². The average molecular weight is 548 g/mol. The van der Waals surface area contributed by atoms with Crippen LogP contribution in [0.15, 0.2) is 76.3 Å². The summed E-state index contributed by atoms with van der Waals surface area (Å²) in [5.74, 6) is -2.41. The normalized spacial score (nSPS) is 13.7. The largest absolute Gasteiger partial charge is 0.465 e. The van der Waals surface area contributed by atoms with E-state index in [9.17, 15) is 22.8 Å². The van der Waals surface area contributed by atoms with Crippen molar-refractivity contribution in [1.82, 2.24) is 10.2 Å². The summed E-state index contributed by atoms with van der Waals surface area (Å²) >= 11 is 11.8. The Kier molecular flexibility index (Phi) is 6.93. The maximum absolute atomic E-state index is 13.1. The lowest BCUT2D eigenvalue weighted by Gasteiger charge is -2.18. The van der Waals surface area contributed by atoms with Crippen molar-refractivity contribution in [3.63, 3.8) is 0 Å². The quantitative estimate of drug-likeness (QED) is 0.336. The number of rotatable bonds is 7. The Morgan fingerprint density at radius 1 is 0.944 bits per heavy atom. The number of carbonyl (C=O) groups is 3. The number of anilines is 3. The topological polar surface area (TPSA) is 148 Å². The third-order valence-corrected chi connectivity index (χ3v) is 6.81. The minimum Gasteiger partial charge on any atom is -0.465 e. The number of aromatic nitrogens is 2. The Balaban J connectivity index is 1.55. The summed E-state index contributed by atoms with van der Waals surface area (Å²) < 4.78 is 32.2. The number of hydrogen-bond donors (Lipinski definition) is 2. The van der Waals surface area contributed by atoms with E-state index in [0.717, 1.165) is 4.90 Å². The molecule has 0 aliphatic carbocycles. The number of halogens is 2. The first kappa shape index (κ1) is 25.1. The zero-order valence-corrected chi connectivity index (χ0v) is 20.6. The van der Waals surface area contributed by atoms with Gasteiger partial charge in [0.15, 0.2) is 11.0 Å². The molecule has 2 heterocycles. The van der Waals surface area contributed by atoms with Gasteiger partial charge in [0, 0.05) is 5.69 Å². The van der Waals surface area contributed by atoms with Crippen LogP contribution in [-0.4, -0.2) is 43.5 Å². The molecule has 0 radical (unpaired) electrons. The molecule has 1 aromatic heterocycles. The third kappa shape index (κ3) is 4.87. The number of amides is 2. The smallest absolute Gasteiger partial charge is 0.339 e. The van der Waals surface area contributed by atoms with Gasteiger partial charge in [0.1, 0.15) is 10.7 Å². The minimum absolute atomic E-state index is 0.000136. The van der Waals surface area contributed by atoms with Gasteiger partial charge in [0.25, 0.3) is 21.8 Å². The van der Waals surface area contributed by atoms with Crippen LogP contribution in [0.1, 0.15) is 10.4 Å². The van der Waals surface area contributed by atoms with Crippen LogP contribution in [0.5, 0.6) is 0 Å². The number of sulfonamides is 1. The van der Waals surface area contributed by atoms with Crippen LogP contribution in [0.25, 0.3) is 0 Å². The first-order valence-electron chi connectivity index (χ1n) is 9.97. The summed E-state index contributed by atoms with van der Waals surface area (Å²) in [5, 5.41) is 9.65. The van der Waals surface area contributed by atoms with E-state index in [1.165, 1.54) is 55.6 Å². The van der Waals surface area contributed by atoms with Crippen molar-refractivity contribution in [3.05, 3.63) is 82.1 Å². The van der Waals surface area contributed by atoms with Crippen LogP contribution in [0, 0.1) is 0 Å². The third-order valence-electron chi connectivity index (χ3n) is 4.88. The summed E-state index contributed by atoms with van der Waals surface area (Å²) in [6.07, 6.45) is 0. The van der Waals surface area contributed by atoms with Crippen LogP contribution in [0.4, 0.5) is 17.2 Å². The predicted molar refractivity (Wildman–Crippen MR) is 131 cm³/mol. The summed E-state index contributed by atoms with van der Waals surface area (Å²) in [7, 11) is -2.82. The van der Waals surface area contributed by atoms with E-state index in [-0.39, 0.29) is 38.5 Å². The highest BCUT2D eigenvalue weighted by Gasteiger charge is 2.40. The number of imide groups is 1. The van der Waals surface area contributed by atoms with Gasteiger partial charge < -0.3 is 10.1 Å². The molecule has 1 aliphatic rings. The molecule has 4 rings (SSSR count). The van der Waals surface area contributed by atoms with Gasteiger partial charge in [-0.3, -0.25) is 14.3 Å². The van der Waals surface area contributed by atoms with Gasteiger partial charge in [0.2, 0.25) is 0 Å². The zero-order chi connectivity index (χ0) is 26.0. The van der Waals surface area contributed by atoms with Crippen LogP contribution in [-0.2, 0) is 24.3 Å². The van der Waals surface area contributed by atoms with E-state index in [2.05, 4.69) is 20.2 Å². The lowest BCUT2D eigenvalue weighted by Crippen LogP contribution is -2.33. The van der Waals surface area contributed by atoms with Gasteiger partial charge in [0.05, 0.1) is 23.3 Å². The Morgan fingerprint density at radius 2 is 1.64 bits per heavy atom. The first-order valence-corrected chi connectivity index (χ1v) is 12.2. The molecule has 11 nitrogen and oxygen atoms in total. The molecule has 2 aromatic carbocycles. The first-order chi connectivity index (χ1) is 17.1. The highest BCUT2D eigenvalue weighted by atomic mass is 35.5. The second-order valence-corrected chi connectivity index (χ2v) is 9.59. The molecule has 2 N–H and O–H groups in total. The molecule has 14 heteroatoms. The molecule has 2 amide bonds. The molecule has 184 valence electrons. The van der Waals surface area contributed by atoms with Gasteiger partial charge in [-0.1, -0.05) is 35.3 Å². The van der Waals surface area contributed by atoms with Crippen LogP contribution < -0.4 is 14.9 Å². The van der Waals surface area contributed by atoms with Crippen LogP contribution in [0.2, 0.25) is 5.15 Å². The molecule has 0 saturated carbocycles. The molecule has 0 spiro atoms. The van der Waals surface area contributed by atoms with Crippen molar-refractivity contribution >= 4 is 68.2 Å². The number of nitrogens with zero attached hydrogens (tertiary/aromatic N) is 3. The van der Waals surface area contributed by atoms with Crippen LogP contribution in [0.3, 0.4) is 0 Å². The predicted octanol–water partition coefficient (Wildman–Crippen LogP) is 3.15.